The minimum atomic E-state index is -0.123. The number of nitrogens with one attached hydrogen (secondary N) is 1. The second kappa shape index (κ2) is 10.2. The van der Waals surface area contributed by atoms with Gasteiger partial charge in [-0.3, -0.25) is 9.69 Å². The fraction of sp³-hybridized carbons (Fsp3) is 0.300. The zero-order chi connectivity index (χ0) is 18.9. The van der Waals surface area contributed by atoms with Gasteiger partial charge in [0.05, 0.1) is 26.0 Å². The van der Waals surface area contributed by atoms with E-state index in [4.69, 9.17) is 9.47 Å². The molecule has 0 aliphatic carbocycles. The van der Waals surface area contributed by atoms with Gasteiger partial charge in [-0.15, -0.1) is 0 Å². The van der Waals surface area contributed by atoms with Crippen molar-refractivity contribution in [2.24, 2.45) is 5.10 Å². The molecule has 1 saturated heterocycles. The maximum atomic E-state index is 11.9. The summed E-state index contributed by atoms with van der Waals surface area (Å²) in [4.78, 5) is 13.9. The van der Waals surface area contributed by atoms with Crippen LogP contribution in [0.3, 0.4) is 0 Å². The molecule has 1 fully saturated rings. The molecule has 0 bridgehead atoms. The van der Waals surface area contributed by atoms with Crippen LogP contribution < -0.4 is 10.2 Å². The molecular weight excluding hydrogens is 410 g/mol. The predicted molar refractivity (Wildman–Crippen MR) is 108 cm³/mol. The third-order valence-electron chi connectivity index (χ3n) is 4.07. The summed E-state index contributed by atoms with van der Waals surface area (Å²) in [5.74, 6) is 0.661. The van der Waals surface area contributed by atoms with Crippen molar-refractivity contribution >= 4 is 28.1 Å². The molecule has 142 valence electrons. The van der Waals surface area contributed by atoms with E-state index in [9.17, 15) is 4.79 Å². The first-order chi connectivity index (χ1) is 13.2. The SMILES string of the molecule is O=C(CN1CCOCC1)N/N=C/c1ccc(OCc2ccc(Br)cc2)cc1. The van der Waals surface area contributed by atoms with Crippen molar-refractivity contribution in [1.82, 2.24) is 10.3 Å². The van der Waals surface area contributed by atoms with E-state index in [-0.39, 0.29) is 5.91 Å². The van der Waals surface area contributed by atoms with Crippen molar-refractivity contribution < 1.29 is 14.3 Å². The van der Waals surface area contributed by atoms with Gasteiger partial charge in [0.2, 0.25) is 0 Å². The number of rotatable bonds is 7. The van der Waals surface area contributed by atoms with Gasteiger partial charge in [0.1, 0.15) is 12.4 Å². The van der Waals surface area contributed by atoms with Crippen LogP contribution in [0.1, 0.15) is 11.1 Å². The third kappa shape index (κ3) is 6.78. The molecule has 0 saturated carbocycles. The van der Waals surface area contributed by atoms with E-state index >= 15 is 0 Å². The number of halogens is 1. The number of carbonyl (C=O) groups is 1. The molecule has 0 unspecified atom stereocenters. The molecule has 1 N–H and O–H groups in total. The molecule has 1 amide bonds. The van der Waals surface area contributed by atoms with Gasteiger partial charge in [-0.2, -0.15) is 5.10 Å². The van der Waals surface area contributed by atoms with Crippen LogP contribution >= 0.6 is 15.9 Å². The molecule has 27 heavy (non-hydrogen) atoms. The number of amides is 1. The van der Waals surface area contributed by atoms with E-state index in [2.05, 4.69) is 26.5 Å². The lowest BCUT2D eigenvalue weighted by molar-refractivity contribution is -0.123. The molecule has 0 radical (unpaired) electrons. The van der Waals surface area contributed by atoms with Gasteiger partial charge in [-0.05, 0) is 47.5 Å². The first kappa shape index (κ1) is 19.5. The molecule has 6 nitrogen and oxygen atoms in total. The van der Waals surface area contributed by atoms with E-state index in [1.54, 1.807) is 6.21 Å². The Labute approximate surface area is 167 Å². The van der Waals surface area contributed by atoms with Gasteiger partial charge in [-0.1, -0.05) is 28.1 Å². The van der Waals surface area contributed by atoms with Crippen LogP contribution in [0.15, 0.2) is 58.1 Å². The van der Waals surface area contributed by atoms with Crippen LogP contribution in [-0.4, -0.2) is 49.9 Å². The summed E-state index contributed by atoms with van der Waals surface area (Å²) in [7, 11) is 0. The zero-order valence-corrected chi connectivity index (χ0v) is 16.5. The van der Waals surface area contributed by atoms with Crippen LogP contribution in [0.5, 0.6) is 5.75 Å². The van der Waals surface area contributed by atoms with Gasteiger partial charge < -0.3 is 9.47 Å². The minimum Gasteiger partial charge on any atom is -0.489 e. The summed E-state index contributed by atoms with van der Waals surface area (Å²) in [5.41, 5.74) is 4.55. The Kier molecular flexibility index (Phi) is 7.38. The molecule has 1 aliphatic heterocycles. The molecular formula is C20H22BrN3O3. The van der Waals surface area contributed by atoms with Gasteiger partial charge in [0, 0.05) is 17.6 Å². The van der Waals surface area contributed by atoms with E-state index in [0.717, 1.165) is 34.4 Å². The molecule has 0 aromatic heterocycles. The average molecular weight is 432 g/mol. The minimum absolute atomic E-state index is 0.123. The van der Waals surface area contributed by atoms with Crippen LogP contribution in [0, 0.1) is 0 Å². The van der Waals surface area contributed by atoms with Crippen LogP contribution in [0.25, 0.3) is 0 Å². The lowest BCUT2D eigenvalue weighted by Gasteiger charge is -2.25. The molecule has 7 heteroatoms. The first-order valence-corrected chi connectivity index (χ1v) is 9.58. The number of hydrogen-bond donors (Lipinski definition) is 1. The van der Waals surface area contributed by atoms with Crippen molar-refractivity contribution in [3.63, 3.8) is 0 Å². The maximum Gasteiger partial charge on any atom is 0.254 e. The van der Waals surface area contributed by atoms with E-state index < -0.39 is 0 Å². The summed E-state index contributed by atoms with van der Waals surface area (Å²) in [5, 5.41) is 4.01. The van der Waals surface area contributed by atoms with Crippen LogP contribution in [-0.2, 0) is 16.1 Å². The molecule has 2 aromatic rings. The molecule has 1 heterocycles. The van der Waals surface area contributed by atoms with Crippen molar-refractivity contribution in [3.05, 3.63) is 64.1 Å². The number of hydrazone groups is 1. The number of hydrogen-bond acceptors (Lipinski definition) is 5. The first-order valence-electron chi connectivity index (χ1n) is 8.78. The average Bonchev–Trinajstić information content (AvgIpc) is 2.69. The Balaban J connectivity index is 1.42. The number of morpholine rings is 1. The van der Waals surface area contributed by atoms with E-state index in [1.807, 2.05) is 53.4 Å². The highest BCUT2D eigenvalue weighted by molar-refractivity contribution is 9.10. The molecule has 2 aromatic carbocycles. The Hall–Kier alpha value is -2.22. The lowest BCUT2D eigenvalue weighted by atomic mass is 10.2. The fourth-order valence-corrected chi connectivity index (χ4v) is 2.84. The van der Waals surface area contributed by atoms with E-state index in [0.29, 0.717) is 26.4 Å². The summed E-state index contributed by atoms with van der Waals surface area (Å²) < 4.78 is 12.1. The Morgan fingerprint density at radius 3 is 2.56 bits per heavy atom. The van der Waals surface area contributed by atoms with Gasteiger partial charge in [-0.25, -0.2) is 5.43 Å². The largest absolute Gasteiger partial charge is 0.489 e. The highest BCUT2D eigenvalue weighted by Gasteiger charge is 2.13. The normalized spacial score (nSPS) is 15.0. The summed E-state index contributed by atoms with van der Waals surface area (Å²) >= 11 is 3.42. The Morgan fingerprint density at radius 2 is 1.85 bits per heavy atom. The topological polar surface area (TPSA) is 63.2 Å². The lowest BCUT2D eigenvalue weighted by Crippen LogP contribution is -2.42. The predicted octanol–water partition coefficient (Wildman–Crippen LogP) is 2.81. The van der Waals surface area contributed by atoms with Crippen LogP contribution in [0.2, 0.25) is 0 Å². The smallest absolute Gasteiger partial charge is 0.254 e. The molecule has 0 spiro atoms. The fourth-order valence-electron chi connectivity index (χ4n) is 2.57. The summed E-state index contributed by atoms with van der Waals surface area (Å²) in [6.45, 7) is 3.75. The Morgan fingerprint density at radius 1 is 1.15 bits per heavy atom. The number of nitrogens with zero attached hydrogens (tertiary/aromatic N) is 2. The zero-order valence-electron chi connectivity index (χ0n) is 14.9. The summed E-state index contributed by atoms with van der Waals surface area (Å²) in [6.07, 6.45) is 1.62. The van der Waals surface area contributed by atoms with Gasteiger partial charge in [0.25, 0.3) is 5.91 Å². The van der Waals surface area contributed by atoms with Crippen molar-refractivity contribution in [3.8, 4) is 5.75 Å². The number of benzene rings is 2. The standard InChI is InChI=1S/C20H22BrN3O3/c21-18-5-1-17(2-6-18)15-27-19-7-3-16(4-8-19)13-22-23-20(25)14-24-9-11-26-12-10-24/h1-8,13H,9-12,14-15H2,(H,23,25)/b22-13+. The molecule has 1 aliphatic rings. The van der Waals surface area contributed by atoms with E-state index in [1.165, 1.54) is 0 Å². The monoisotopic (exact) mass is 431 g/mol. The number of ether oxygens (including phenoxy) is 2. The van der Waals surface area contributed by atoms with Gasteiger partial charge in [0.15, 0.2) is 0 Å². The van der Waals surface area contributed by atoms with Crippen molar-refractivity contribution in [2.45, 2.75) is 6.61 Å². The van der Waals surface area contributed by atoms with Crippen molar-refractivity contribution in [1.29, 1.82) is 0 Å². The maximum absolute atomic E-state index is 11.9. The van der Waals surface area contributed by atoms with Crippen LogP contribution in [0.4, 0.5) is 0 Å². The second-order valence-electron chi connectivity index (χ2n) is 6.17. The summed E-state index contributed by atoms with van der Waals surface area (Å²) in [6, 6.07) is 15.6. The second-order valence-corrected chi connectivity index (χ2v) is 7.08. The highest BCUT2D eigenvalue weighted by atomic mass is 79.9. The molecule has 0 atom stereocenters. The third-order valence-corrected chi connectivity index (χ3v) is 4.60. The Bertz CT molecular complexity index is 757. The quantitative estimate of drug-likeness (QED) is 0.540. The van der Waals surface area contributed by atoms with Crippen molar-refractivity contribution in [2.75, 3.05) is 32.8 Å². The molecule has 3 rings (SSSR count). The highest BCUT2D eigenvalue weighted by Crippen LogP contribution is 2.15. The number of carbonyl (C=O) groups excluding carboxylic acids is 1. The van der Waals surface area contributed by atoms with Gasteiger partial charge >= 0.3 is 0 Å².